The van der Waals surface area contributed by atoms with E-state index in [0.717, 1.165) is 30.4 Å². The van der Waals surface area contributed by atoms with Gasteiger partial charge in [-0.15, -0.1) is 0 Å². The van der Waals surface area contributed by atoms with Gasteiger partial charge in [0.05, 0.1) is 0 Å². The molecule has 3 nitrogen and oxygen atoms in total. The fraction of sp³-hybridized carbons (Fsp3) is 0.381. The molecule has 2 aromatic rings. The predicted molar refractivity (Wildman–Crippen MR) is 100 cm³/mol. The molecule has 1 atom stereocenters. The number of benzene rings is 2. The molecule has 1 heterocycles. The van der Waals surface area contributed by atoms with Gasteiger partial charge in [-0.05, 0) is 68.2 Å². The average molecular weight is 325 g/mol. The molecule has 0 amide bonds. The minimum Gasteiger partial charge on any atom is -0.341 e. The second kappa shape index (κ2) is 7.18. The van der Waals surface area contributed by atoms with Crippen molar-refractivity contribution in [1.82, 2.24) is 4.90 Å². The molecule has 0 spiro atoms. The average Bonchev–Trinajstić information content (AvgIpc) is 2.78. The van der Waals surface area contributed by atoms with Gasteiger partial charge in [0.15, 0.2) is 0 Å². The van der Waals surface area contributed by atoms with Gasteiger partial charge >= 0.3 is 0 Å². The zero-order chi connectivity index (χ0) is 19.6. The van der Waals surface area contributed by atoms with Crippen molar-refractivity contribution in [3.63, 3.8) is 0 Å². The molecule has 0 aliphatic carbocycles. The van der Waals surface area contributed by atoms with E-state index in [0.29, 0.717) is 18.7 Å². The molecule has 24 heavy (non-hydrogen) atoms. The molecule has 126 valence electrons. The van der Waals surface area contributed by atoms with Crippen LogP contribution in [0, 0.1) is 5.92 Å². The Morgan fingerprint density at radius 3 is 2.75 bits per heavy atom. The van der Waals surface area contributed by atoms with E-state index in [-0.39, 0.29) is 5.92 Å². The summed E-state index contributed by atoms with van der Waals surface area (Å²) in [5.41, 5.74) is 5.40. The van der Waals surface area contributed by atoms with E-state index in [4.69, 9.17) is 4.11 Å². The van der Waals surface area contributed by atoms with Crippen molar-refractivity contribution < 1.29 is 8.91 Å². The number of aryl methyl sites for hydroxylation is 2. The van der Waals surface area contributed by atoms with Gasteiger partial charge in [-0.2, -0.15) is 0 Å². The van der Waals surface area contributed by atoms with Crippen molar-refractivity contribution >= 4 is 17.7 Å². The number of hydrogen-bond donors (Lipinski definition) is 0. The Morgan fingerprint density at radius 1 is 1.21 bits per heavy atom. The van der Waals surface area contributed by atoms with Crippen LogP contribution < -0.4 is 4.90 Å². The highest BCUT2D eigenvalue weighted by Gasteiger charge is 2.22. The highest BCUT2D eigenvalue weighted by molar-refractivity contribution is 5.79. The topological polar surface area (TPSA) is 23.6 Å². The van der Waals surface area contributed by atoms with Crippen molar-refractivity contribution in [2.75, 3.05) is 32.0 Å². The summed E-state index contributed by atoms with van der Waals surface area (Å²) in [6.45, 7) is 1.19. The number of fused-ring (bicyclic) bond motifs is 2. The minimum absolute atomic E-state index is 0.153. The minimum atomic E-state index is -2.08. The number of carbonyl (C=O) groups is 1. The Morgan fingerprint density at radius 2 is 1.96 bits per heavy atom. The normalized spacial score (nSPS) is 17.1. The van der Waals surface area contributed by atoms with Crippen LogP contribution >= 0.6 is 0 Å². The molecule has 0 radical (unpaired) electrons. The number of carbonyl (C=O) groups excluding carboxylic acids is 1. The van der Waals surface area contributed by atoms with E-state index >= 15 is 0 Å². The first kappa shape index (κ1) is 13.2. The maximum atomic E-state index is 11.2. The number of nitrogens with zero attached hydrogens (tertiary/aromatic N) is 2. The lowest BCUT2D eigenvalue weighted by Gasteiger charge is -2.30. The lowest BCUT2D eigenvalue weighted by atomic mass is 10.0. The molecule has 0 aromatic heterocycles. The Hall–Kier alpha value is -2.13. The lowest BCUT2D eigenvalue weighted by Crippen LogP contribution is -2.30. The highest BCUT2D eigenvalue weighted by atomic mass is 16.1. The highest BCUT2D eigenvalue weighted by Crippen LogP contribution is 2.36. The third-order valence-electron chi connectivity index (χ3n) is 4.56. The third kappa shape index (κ3) is 3.51. The van der Waals surface area contributed by atoms with Crippen LogP contribution in [0.1, 0.15) is 32.5 Å². The Balaban J connectivity index is 1.94. The van der Waals surface area contributed by atoms with Crippen LogP contribution in [-0.2, 0) is 12.8 Å². The van der Waals surface area contributed by atoms with Crippen molar-refractivity contribution in [3.05, 3.63) is 59.2 Å². The lowest BCUT2D eigenvalue weighted by molar-refractivity contribution is 0.112. The molecule has 3 rings (SSSR count). The van der Waals surface area contributed by atoms with E-state index in [1.165, 1.54) is 16.2 Å². The van der Waals surface area contributed by atoms with Gasteiger partial charge in [-0.3, -0.25) is 4.79 Å². The van der Waals surface area contributed by atoms with Crippen LogP contribution in [0.3, 0.4) is 0 Å². The van der Waals surface area contributed by atoms with Crippen LogP contribution in [0.2, 0.25) is 0 Å². The van der Waals surface area contributed by atoms with Crippen LogP contribution in [0.15, 0.2) is 42.5 Å². The number of para-hydroxylation sites is 1. The summed E-state index contributed by atoms with van der Waals surface area (Å²) in [5.74, 6) is 0.153. The fourth-order valence-corrected chi connectivity index (χ4v) is 3.56. The summed E-state index contributed by atoms with van der Waals surface area (Å²) in [5, 5.41) is 0. The monoisotopic (exact) mass is 325 g/mol. The molecule has 1 aliphatic rings. The van der Waals surface area contributed by atoms with Gasteiger partial charge in [0.2, 0.25) is 0 Å². The number of aldehydes is 1. The van der Waals surface area contributed by atoms with Crippen molar-refractivity contribution in [2.24, 2.45) is 5.92 Å². The smallest absolute Gasteiger partial charge is 0.150 e. The van der Waals surface area contributed by atoms with Gasteiger partial charge in [0.1, 0.15) is 6.29 Å². The summed E-state index contributed by atoms with van der Waals surface area (Å²) in [7, 11) is 1.64. The molecule has 1 aliphatic heterocycles. The van der Waals surface area contributed by atoms with Crippen molar-refractivity contribution in [3.8, 4) is 0 Å². The molecule has 0 saturated heterocycles. The third-order valence-corrected chi connectivity index (χ3v) is 4.56. The first-order chi connectivity index (χ1) is 12.8. The van der Waals surface area contributed by atoms with Gasteiger partial charge < -0.3 is 9.80 Å². The molecule has 0 fully saturated rings. The first-order valence-corrected chi connectivity index (χ1v) is 8.44. The van der Waals surface area contributed by atoms with Gasteiger partial charge in [0, 0.05) is 34.1 Å². The standard InChI is InChI=1S/C21H26N2O/c1-16(13-22(2)3)14-23-20-7-5-4-6-18(20)9-10-19-12-17(15-24)8-11-21(19)23/h4-8,11-12,15-16H,9-10,13-14H2,1-3H3/i2D3. The van der Waals surface area contributed by atoms with E-state index in [1.54, 1.807) is 7.05 Å². The van der Waals surface area contributed by atoms with Gasteiger partial charge in [-0.25, -0.2) is 0 Å². The maximum Gasteiger partial charge on any atom is 0.150 e. The Bertz CT molecular complexity index is 819. The number of rotatable bonds is 5. The van der Waals surface area contributed by atoms with E-state index in [2.05, 4.69) is 30.0 Å². The van der Waals surface area contributed by atoms with Gasteiger partial charge in [-0.1, -0.05) is 25.1 Å². The predicted octanol–water partition coefficient (Wildman–Crippen LogP) is 3.93. The molecule has 2 aromatic carbocycles. The maximum absolute atomic E-state index is 11.2. The molecule has 3 heteroatoms. The van der Waals surface area contributed by atoms with Crippen LogP contribution in [0.25, 0.3) is 0 Å². The summed E-state index contributed by atoms with van der Waals surface area (Å²) >= 11 is 0. The van der Waals surface area contributed by atoms with Crippen LogP contribution in [0.4, 0.5) is 11.4 Å². The van der Waals surface area contributed by atoms with E-state index < -0.39 is 6.98 Å². The second-order valence-electron chi connectivity index (χ2n) is 6.73. The largest absolute Gasteiger partial charge is 0.341 e. The molecule has 0 N–H and O–H groups in total. The van der Waals surface area contributed by atoms with Crippen LogP contribution in [0.5, 0.6) is 0 Å². The van der Waals surface area contributed by atoms with E-state index in [1.807, 2.05) is 24.3 Å². The molecule has 0 bridgehead atoms. The number of hydrogen-bond acceptors (Lipinski definition) is 3. The summed E-state index contributed by atoms with van der Waals surface area (Å²) in [6, 6.07) is 14.2. The SMILES string of the molecule is [2H]C([2H])([2H])N(C)CC(C)CN1c2ccccc2CCc2cc(C=O)ccc21. The first-order valence-electron chi connectivity index (χ1n) is 9.94. The Kier molecular flexibility index (Phi) is 3.95. The van der Waals surface area contributed by atoms with Crippen LogP contribution in [-0.4, -0.2) is 38.3 Å². The molecular formula is C21H26N2O. The van der Waals surface area contributed by atoms with E-state index in [9.17, 15) is 4.79 Å². The fourth-order valence-electron chi connectivity index (χ4n) is 3.56. The summed E-state index contributed by atoms with van der Waals surface area (Å²) in [6.07, 6.45) is 2.69. The molecular weight excluding hydrogens is 296 g/mol. The quantitative estimate of drug-likeness (QED) is 0.778. The number of anilines is 2. The zero-order valence-corrected chi connectivity index (χ0v) is 14.3. The van der Waals surface area contributed by atoms with Gasteiger partial charge in [0.25, 0.3) is 0 Å². The molecule has 1 unspecified atom stereocenters. The summed E-state index contributed by atoms with van der Waals surface area (Å²) in [4.78, 5) is 14.9. The Labute approximate surface area is 149 Å². The zero-order valence-electron chi connectivity index (χ0n) is 17.3. The van der Waals surface area contributed by atoms with Crippen molar-refractivity contribution in [1.29, 1.82) is 0 Å². The second-order valence-corrected chi connectivity index (χ2v) is 6.73. The van der Waals surface area contributed by atoms with Crippen molar-refractivity contribution in [2.45, 2.75) is 19.8 Å². The molecule has 0 saturated carbocycles. The summed E-state index contributed by atoms with van der Waals surface area (Å²) < 4.78 is 22.7.